The van der Waals surface area contributed by atoms with Crippen LogP contribution in [0.1, 0.15) is 66.9 Å². The van der Waals surface area contributed by atoms with Crippen LogP contribution in [0.2, 0.25) is 18.1 Å². The second-order valence-corrected chi connectivity index (χ2v) is 17.0. The number of ether oxygens (including phenoxy) is 2. The molecule has 1 fully saturated rings. The molecule has 0 bridgehead atoms. The van der Waals surface area contributed by atoms with Crippen molar-refractivity contribution in [1.82, 2.24) is 10.2 Å². The van der Waals surface area contributed by atoms with E-state index in [0.717, 1.165) is 5.56 Å². The molecule has 1 heterocycles. The number of hydrogen-bond acceptors (Lipinski definition) is 6. The molecule has 208 valence electrons. The van der Waals surface area contributed by atoms with Crippen LogP contribution in [0.5, 0.6) is 0 Å². The van der Waals surface area contributed by atoms with Crippen molar-refractivity contribution in [2.75, 3.05) is 13.2 Å². The molecule has 1 aliphatic rings. The largest absolute Gasteiger partial charge is 0.466 e. The number of esters is 1. The van der Waals surface area contributed by atoms with Gasteiger partial charge in [-0.3, -0.25) is 9.59 Å². The Bertz CT molecular complexity index is 923. The van der Waals surface area contributed by atoms with Gasteiger partial charge in [0.1, 0.15) is 5.60 Å². The Morgan fingerprint density at radius 1 is 1.08 bits per heavy atom. The fourth-order valence-electron chi connectivity index (χ4n) is 4.14. The fraction of sp³-hybridized carbons (Fsp3) is 0.679. The molecule has 3 atom stereocenters. The second kappa shape index (κ2) is 12.4. The van der Waals surface area contributed by atoms with Crippen LogP contribution < -0.4 is 5.32 Å². The van der Waals surface area contributed by atoms with E-state index in [0.29, 0.717) is 19.5 Å². The first-order valence-corrected chi connectivity index (χ1v) is 16.1. The highest BCUT2D eigenvalue weighted by molar-refractivity contribution is 6.74. The molecule has 1 N–H and O–H groups in total. The van der Waals surface area contributed by atoms with E-state index in [1.165, 1.54) is 0 Å². The van der Waals surface area contributed by atoms with Crippen molar-refractivity contribution >= 4 is 26.3 Å². The topological polar surface area (TPSA) is 94.2 Å². The number of amides is 2. The standard InChI is InChI=1S/C28H46N2O6Si/c1-10-34-24(31)17-22(25(32)29-18-20-14-12-11-13-15-20)23-16-21(36-37(8,9)28(5,6)7)19-30(23)26(33)35-27(2,3)4/h11-15,21-23H,10,16-19H2,1-9H3,(H,29,32)/t21-,22?,23+/m1/s1. The van der Waals surface area contributed by atoms with Gasteiger partial charge in [0.25, 0.3) is 0 Å². The summed E-state index contributed by atoms with van der Waals surface area (Å²) in [6.07, 6.45) is -0.464. The van der Waals surface area contributed by atoms with E-state index in [1.54, 1.807) is 11.8 Å². The smallest absolute Gasteiger partial charge is 0.410 e. The predicted octanol–water partition coefficient (Wildman–Crippen LogP) is 5.27. The summed E-state index contributed by atoms with van der Waals surface area (Å²) < 4.78 is 17.6. The summed E-state index contributed by atoms with van der Waals surface area (Å²) in [7, 11) is -2.15. The SMILES string of the molecule is CCOC(=O)CC(C(=O)NCc1ccccc1)[C@@H]1C[C@@H](O[Si](C)(C)C(C)(C)C)CN1C(=O)OC(C)(C)C. The van der Waals surface area contributed by atoms with Gasteiger partial charge >= 0.3 is 12.1 Å². The Kier molecular flexibility index (Phi) is 10.4. The summed E-state index contributed by atoms with van der Waals surface area (Å²) in [4.78, 5) is 41.0. The molecule has 8 nitrogen and oxygen atoms in total. The van der Waals surface area contributed by atoms with Gasteiger partial charge < -0.3 is 24.1 Å². The Morgan fingerprint density at radius 2 is 1.70 bits per heavy atom. The molecule has 0 saturated carbocycles. The van der Waals surface area contributed by atoms with E-state index >= 15 is 0 Å². The van der Waals surface area contributed by atoms with Crippen molar-refractivity contribution in [3.63, 3.8) is 0 Å². The van der Waals surface area contributed by atoms with Gasteiger partial charge in [0.05, 0.1) is 25.0 Å². The van der Waals surface area contributed by atoms with Gasteiger partial charge in [0, 0.05) is 19.1 Å². The normalized spacial score (nSPS) is 19.3. The third-order valence-corrected chi connectivity index (χ3v) is 11.5. The van der Waals surface area contributed by atoms with E-state index in [1.807, 2.05) is 51.1 Å². The maximum Gasteiger partial charge on any atom is 0.410 e. The van der Waals surface area contributed by atoms with Gasteiger partial charge in [0.2, 0.25) is 5.91 Å². The predicted molar refractivity (Wildman–Crippen MR) is 146 cm³/mol. The van der Waals surface area contributed by atoms with Crippen LogP contribution >= 0.6 is 0 Å². The zero-order valence-corrected chi connectivity index (χ0v) is 25.1. The van der Waals surface area contributed by atoms with Crippen molar-refractivity contribution in [2.24, 2.45) is 5.92 Å². The summed E-state index contributed by atoms with van der Waals surface area (Å²) in [5.74, 6) is -1.58. The Balaban J connectivity index is 2.35. The number of nitrogens with zero attached hydrogens (tertiary/aromatic N) is 1. The highest BCUT2D eigenvalue weighted by Gasteiger charge is 2.48. The number of hydrogen-bond donors (Lipinski definition) is 1. The van der Waals surface area contributed by atoms with Crippen molar-refractivity contribution in [3.05, 3.63) is 35.9 Å². The van der Waals surface area contributed by atoms with E-state index in [9.17, 15) is 14.4 Å². The minimum atomic E-state index is -2.15. The number of likely N-dealkylation sites (tertiary alicyclic amines) is 1. The lowest BCUT2D eigenvalue weighted by Gasteiger charge is -2.38. The van der Waals surface area contributed by atoms with Crippen molar-refractivity contribution in [2.45, 2.75) is 104 Å². The third-order valence-electron chi connectivity index (χ3n) is 7.00. The minimum absolute atomic E-state index is 0.0147. The van der Waals surface area contributed by atoms with Gasteiger partial charge in [-0.2, -0.15) is 0 Å². The monoisotopic (exact) mass is 534 g/mol. The Labute approximate surface area is 223 Å². The van der Waals surface area contributed by atoms with Crippen LogP contribution in [0.3, 0.4) is 0 Å². The van der Waals surface area contributed by atoms with Crippen LogP contribution in [0.25, 0.3) is 0 Å². The molecule has 1 saturated heterocycles. The maximum absolute atomic E-state index is 13.5. The van der Waals surface area contributed by atoms with Crippen molar-refractivity contribution in [1.29, 1.82) is 0 Å². The van der Waals surface area contributed by atoms with E-state index in [-0.39, 0.29) is 30.1 Å². The van der Waals surface area contributed by atoms with Crippen LogP contribution in [-0.4, -0.2) is 62.1 Å². The highest BCUT2D eigenvalue weighted by atomic mass is 28.4. The Morgan fingerprint density at radius 3 is 2.24 bits per heavy atom. The van der Waals surface area contributed by atoms with E-state index < -0.39 is 37.9 Å². The van der Waals surface area contributed by atoms with Crippen LogP contribution in [0.15, 0.2) is 30.3 Å². The van der Waals surface area contributed by atoms with Crippen LogP contribution in [0.4, 0.5) is 4.79 Å². The van der Waals surface area contributed by atoms with Crippen molar-refractivity contribution in [3.8, 4) is 0 Å². The number of nitrogens with one attached hydrogen (secondary N) is 1. The fourth-order valence-corrected chi connectivity index (χ4v) is 5.49. The average Bonchev–Trinajstić information content (AvgIpc) is 3.17. The summed E-state index contributed by atoms with van der Waals surface area (Å²) in [6, 6.07) is 9.00. The Hall–Kier alpha value is -2.39. The summed E-state index contributed by atoms with van der Waals surface area (Å²) in [5.41, 5.74) is 0.243. The van der Waals surface area contributed by atoms with Crippen LogP contribution in [0, 0.1) is 5.92 Å². The van der Waals surface area contributed by atoms with Gasteiger partial charge in [-0.05, 0) is 57.8 Å². The number of benzene rings is 1. The molecule has 9 heteroatoms. The molecule has 1 aromatic rings. The molecule has 0 aromatic heterocycles. The lowest BCUT2D eigenvalue weighted by Crippen LogP contribution is -2.48. The van der Waals surface area contributed by atoms with Gasteiger partial charge in [-0.15, -0.1) is 0 Å². The first kappa shape index (κ1) is 30.8. The molecular weight excluding hydrogens is 488 g/mol. The summed E-state index contributed by atoms with van der Waals surface area (Å²) in [5, 5.41) is 2.95. The lowest BCUT2D eigenvalue weighted by molar-refractivity contribution is -0.147. The summed E-state index contributed by atoms with van der Waals surface area (Å²) >= 11 is 0. The van der Waals surface area contributed by atoms with E-state index in [4.69, 9.17) is 13.9 Å². The van der Waals surface area contributed by atoms with Gasteiger partial charge in [-0.1, -0.05) is 51.1 Å². The zero-order valence-electron chi connectivity index (χ0n) is 24.1. The first-order chi connectivity index (χ1) is 17.0. The lowest BCUT2D eigenvalue weighted by atomic mass is 9.92. The van der Waals surface area contributed by atoms with E-state index in [2.05, 4.69) is 39.2 Å². The first-order valence-electron chi connectivity index (χ1n) is 13.2. The second-order valence-electron chi connectivity index (χ2n) is 12.3. The molecule has 0 radical (unpaired) electrons. The molecule has 0 aliphatic carbocycles. The molecule has 1 aliphatic heterocycles. The molecule has 2 rings (SSSR count). The highest BCUT2D eigenvalue weighted by Crippen LogP contribution is 2.40. The molecule has 1 aromatic carbocycles. The van der Waals surface area contributed by atoms with Crippen LogP contribution in [-0.2, 0) is 30.0 Å². The van der Waals surface area contributed by atoms with Gasteiger partial charge in [0.15, 0.2) is 8.32 Å². The maximum atomic E-state index is 13.5. The quantitative estimate of drug-likeness (QED) is 0.343. The number of carbonyl (C=O) groups is 3. The molecule has 2 amide bonds. The average molecular weight is 535 g/mol. The minimum Gasteiger partial charge on any atom is -0.466 e. The third kappa shape index (κ3) is 9.14. The molecule has 37 heavy (non-hydrogen) atoms. The number of rotatable bonds is 9. The summed E-state index contributed by atoms with van der Waals surface area (Å²) in [6.45, 7) is 18.8. The zero-order chi connectivity index (χ0) is 28.0. The molecule has 1 unspecified atom stereocenters. The molecular formula is C28H46N2O6Si. The van der Waals surface area contributed by atoms with Crippen molar-refractivity contribution < 1.29 is 28.3 Å². The number of carbonyl (C=O) groups excluding carboxylic acids is 3. The molecule has 0 spiro atoms. The van der Waals surface area contributed by atoms with Gasteiger partial charge in [-0.25, -0.2) is 4.79 Å².